The molecule has 2 aliphatic heterocycles. The van der Waals surface area contributed by atoms with Gasteiger partial charge >= 0.3 is 6.03 Å². The van der Waals surface area contributed by atoms with Crippen LogP contribution in [0.15, 0.2) is 24.3 Å². The Bertz CT molecular complexity index is 687. The molecule has 0 bridgehead atoms. The third kappa shape index (κ3) is 4.09. The lowest BCUT2D eigenvalue weighted by Crippen LogP contribution is -2.53. The first-order valence-electron chi connectivity index (χ1n) is 7.69. The van der Waals surface area contributed by atoms with Crippen LogP contribution in [-0.4, -0.2) is 63.1 Å². The second kappa shape index (κ2) is 6.57. The minimum absolute atomic E-state index is 0.0568. The van der Waals surface area contributed by atoms with Crippen molar-refractivity contribution < 1.29 is 13.2 Å². The fraction of sp³-hybridized carbons (Fsp3) is 0.533. The predicted molar refractivity (Wildman–Crippen MR) is 90.8 cm³/mol. The maximum absolute atomic E-state index is 12.2. The molecule has 0 aromatic heterocycles. The zero-order chi connectivity index (χ0) is 16.4. The molecule has 2 aliphatic rings. The van der Waals surface area contributed by atoms with Gasteiger partial charge in [0.05, 0.1) is 11.5 Å². The summed E-state index contributed by atoms with van der Waals surface area (Å²) in [7, 11) is -2.97. The molecule has 0 aliphatic carbocycles. The third-order valence-corrected chi connectivity index (χ3v) is 6.30. The first kappa shape index (κ1) is 16.4. The number of hydrogen-bond donors (Lipinski definition) is 1. The summed E-state index contributed by atoms with van der Waals surface area (Å²) in [6.45, 7) is 2.68. The number of sulfone groups is 1. The molecule has 1 aromatic rings. The van der Waals surface area contributed by atoms with Crippen LogP contribution in [0.4, 0.5) is 10.5 Å². The molecule has 1 atom stereocenters. The van der Waals surface area contributed by atoms with Gasteiger partial charge in [0.15, 0.2) is 9.84 Å². The molecule has 0 saturated carbocycles. The Morgan fingerprint density at radius 3 is 2.57 bits per heavy atom. The summed E-state index contributed by atoms with van der Waals surface area (Å²) in [6.07, 6.45) is 0.510. The van der Waals surface area contributed by atoms with Gasteiger partial charge in [-0.3, -0.25) is 0 Å². The van der Waals surface area contributed by atoms with Crippen molar-refractivity contribution in [3.05, 3.63) is 29.3 Å². The standard InChI is InChI=1S/C15H20ClN3O3S/c16-12-2-1-3-14(10-12)18-5-7-19(8-6-18)15(20)17-13-4-9-23(21,22)11-13/h1-3,10,13H,4-9,11H2,(H,17,20)/t13-/m1/s1. The van der Waals surface area contributed by atoms with E-state index in [9.17, 15) is 13.2 Å². The number of benzene rings is 1. The average molecular weight is 358 g/mol. The topological polar surface area (TPSA) is 69.7 Å². The van der Waals surface area contributed by atoms with E-state index in [1.54, 1.807) is 4.90 Å². The minimum Gasteiger partial charge on any atom is -0.368 e. The maximum atomic E-state index is 12.2. The predicted octanol–water partition coefficient (Wildman–Crippen LogP) is 1.36. The highest BCUT2D eigenvalue weighted by Crippen LogP contribution is 2.21. The van der Waals surface area contributed by atoms with Gasteiger partial charge in [-0.1, -0.05) is 17.7 Å². The molecule has 2 saturated heterocycles. The van der Waals surface area contributed by atoms with Crippen molar-refractivity contribution in [2.75, 3.05) is 42.6 Å². The zero-order valence-electron chi connectivity index (χ0n) is 12.7. The quantitative estimate of drug-likeness (QED) is 0.867. The van der Waals surface area contributed by atoms with Gasteiger partial charge in [-0.05, 0) is 24.6 Å². The fourth-order valence-electron chi connectivity index (χ4n) is 3.02. The Hall–Kier alpha value is -1.47. The van der Waals surface area contributed by atoms with Gasteiger partial charge in [0.25, 0.3) is 0 Å². The van der Waals surface area contributed by atoms with E-state index in [2.05, 4.69) is 10.2 Å². The van der Waals surface area contributed by atoms with Gasteiger partial charge in [0, 0.05) is 42.9 Å². The molecule has 0 unspecified atom stereocenters. The number of carbonyl (C=O) groups excluding carboxylic acids is 1. The monoisotopic (exact) mass is 357 g/mol. The number of amides is 2. The molecule has 6 nitrogen and oxygen atoms in total. The summed E-state index contributed by atoms with van der Waals surface area (Å²) < 4.78 is 22.9. The van der Waals surface area contributed by atoms with Crippen LogP contribution in [0, 0.1) is 0 Å². The second-order valence-corrected chi connectivity index (χ2v) is 8.67. The van der Waals surface area contributed by atoms with Crippen LogP contribution in [0.25, 0.3) is 0 Å². The smallest absolute Gasteiger partial charge is 0.317 e. The summed E-state index contributed by atoms with van der Waals surface area (Å²) in [5.41, 5.74) is 1.06. The first-order chi connectivity index (χ1) is 10.9. The highest BCUT2D eigenvalue weighted by atomic mass is 35.5. The van der Waals surface area contributed by atoms with Crippen molar-refractivity contribution in [3.8, 4) is 0 Å². The van der Waals surface area contributed by atoms with Crippen molar-refractivity contribution in [1.29, 1.82) is 0 Å². The van der Waals surface area contributed by atoms with Gasteiger partial charge in [-0.15, -0.1) is 0 Å². The first-order valence-corrected chi connectivity index (χ1v) is 9.89. The van der Waals surface area contributed by atoms with Gasteiger partial charge in [0.2, 0.25) is 0 Å². The fourth-order valence-corrected chi connectivity index (χ4v) is 4.87. The largest absolute Gasteiger partial charge is 0.368 e. The summed E-state index contributed by atoms with van der Waals surface area (Å²) in [6, 6.07) is 7.25. The number of rotatable bonds is 2. The van der Waals surface area contributed by atoms with Crippen molar-refractivity contribution in [2.45, 2.75) is 12.5 Å². The summed E-state index contributed by atoms with van der Waals surface area (Å²) in [5.74, 6) is 0.224. The maximum Gasteiger partial charge on any atom is 0.317 e. The normalized spacial score (nSPS) is 23.8. The van der Waals surface area contributed by atoms with Crippen molar-refractivity contribution >= 4 is 33.2 Å². The van der Waals surface area contributed by atoms with Crippen LogP contribution in [-0.2, 0) is 9.84 Å². The Labute approximate surface area is 141 Å². The van der Waals surface area contributed by atoms with Crippen LogP contribution >= 0.6 is 11.6 Å². The second-order valence-electron chi connectivity index (χ2n) is 6.00. The Kier molecular flexibility index (Phi) is 4.68. The van der Waals surface area contributed by atoms with Crippen molar-refractivity contribution in [1.82, 2.24) is 10.2 Å². The number of urea groups is 1. The number of nitrogens with zero attached hydrogens (tertiary/aromatic N) is 2. The SMILES string of the molecule is O=C(N[C@@H]1CCS(=O)(=O)C1)N1CCN(c2cccc(Cl)c2)CC1. The van der Waals surface area contributed by atoms with E-state index < -0.39 is 9.84 Å². The molecule has 0 radical (unpaired) electrons. The number of piperazine rings is 1. The third-order valence-electron chi connectivity index (χ3n) is 4.30. The van der Waals surface area contributed by atoms with E-state index in [4.69, 9.17) is 11.6 Å². The van der Waals surface area contributed by atoms with Crippen molar-refractivity contribution in [2.24, 2.45) is 0 Å². The van der Waals surface area contributed by atoms with Crippen LogP contribution in [0.2, 0.25) is 5.02 Å². The molecule has 126 valence electrons. The Morgan fingerprint density at radius 2 is 1.96 bits per heavy atom. The van der Waals surface area contributed by atoms with Gasteiger partial charge < -0.3 is 15.1 Å². The van der Waals surface area contributed by atoms with Gasteiger partial charge in [-0.2, -0.15) is 0 Å². The lowest BCUT2D eigenvalue weighted by molar-refractivity contribution is 0.191. The average Bonchev–Trinajstić information content (AvgIpc) is 2.86. The molecule has 23 heavy (non-hydrogen) atoms. The summed E-state index contributed by atoms with van der Waals surface area (Å²) >= 11 is 6.01. The van der Waals surface area contributed by atoms with Crippen LogP contribution in [0.5, 0.6) is 0 Å². The molecule has 1 aromatic carbocycles. The van der Waals surface area contributed by atoms with Gasteiger partial charge in [0.1, 0.15) is 0 Å². The van der Waals surface area contributed by atoms with Crippen LogP contribution < -0.4 is 10.2 Å². The number of anilines is 1. The van der Waals surface area contributed by atoms with E-state index in [1.807, 2.05) is 24.3 Å². The van der Waals surface area contributed by atoms with Gasteiger partial charge in [-0.25, -0.2) is 13.2 Å². The highest BCUT2D eigenvalue weighted by molar-refractivity contribution is 7.91. The van der Waals surface area contributed by atoms with E-state index >= 15 is 0 Å². The number of hydrogen-bond acceptors (Lipinski definition) is 4. The van der Waals surface area contributed by atoms with E-state index in [-0.39, 0.29) is 23.6 Å². The molecule has 2 fully saturated rings. The van der Waals surface area contributed by atoms with Crippen molar-refractivity contribution in [3.63, 3.8) is 0 Å². The number of halogens is 1. The molecule has 3 rings (SSSR count). The highest BCUT2D eigenvalue weighted by Gasteiger charge is 2.30. The minimum atomic E-state index is -2.97. The van der Waals surface area contributed by atoms with E-state index in [0.717, 1.165) is 18.8 Å². The number of carbonyl (C=O) groups is 1. The molecule has 1 N–H and O–H groups in total. The summed E-state index contributed by atoms with van der Waals surface area (Å²) in [5, 5.41) is 3.54. The zero-order valence-corrected chi connectivity index (χ0v) is 14.3. The van der Waals surface area contributed by atoms with Crippen LogP contribution in [0.1, 0.15) is 6.42 Å². The molecular weight excluding hydrogens is 338 g/mol. The van der Waals surface area contributed by atoms with Crippen LogP contribution in [0.3, 0.4) is 0 Å². The number of nitrogens with one attached hydrogen (secondary N) is 1. The lowest BCUT2D eigenvalue weighted by atomic mass is 10.2. The molecule has 0 spiro atoms. The molecule has 2 heterocycles. The Balaban J connectivity index is 1.51. The molecule has 8 heteroatoms. The van der Waals surface area contributed by atoms with E-state index in [1.165, 1.54) is 0 Å². The molecular formula is C15H20ClN3O3S. The lowest BCUT2D eigenvalue weighted by Gasteiger charge is -2.36. The summed E-state index contributed by atoms with van der Waals surface area (Å²) in [4.78, 5) is 16.2. The van der Waals surface area contributed by atoms with E-state index in [0.29, 0.717) is 24.5 Å². The Morgan fingerprint density at radius 1 is 1.22 bits per heavy atom. The molecule has 2 amide bonds.